The number of halogens is 1. The Morgan fingerprint density at radius 3 is 2.38 bits per heavy atom. The number of carboxylic acid groups (broad SMARTS) is 1. The third-order valence-electron chi connectivity index (χ3n) is 1.96. The minimum atomic E-state index is -1.04. The summed E-state index contributed by atoms with van der Waals surface area (Å²) in [6.45, 7) is 1.43. The van der Waals surface area contributed by atoms with Crippen LogP contribution in [0.1, 0.15) is 17.3 Å². The highest BCUT2D eigenvalue weighted by Crippen LogP contribution is 2.14. The molecule has 0 spiro atoms. The molecule has 0 radical (unpaired) electrons. The lowest BCUT2D eigenvalue weighted by Gasteiger charge is -2.10. The molecule has 0 heterocycles. The van der Waals surface area contributed by atoms with Crippen molar-refractivity contribution in [1.29, 1.82) is 0 Å². The Morgan fingerprint density at radius 1 is 1.38 bits per heavy atom. The van der Waals surface area contributed by atoms with Gasteiger partial charge in [-0.05, 0) is 31.2 Å². The highest BCUT2D eigenvalue weighted by molar-refractivity contribution is 6.30. The van der Waals surface area contributed by atoms with E-state index < -0.39 is 12.1 Å². The standard InChI is InChI=1S/C11H11ClO4/c1-7(11(14)15)16-9-4-2-8(3-5-9)10(13)6-12/h2-5,7H,6H2,1H3,(H,14,15). The van der Waals surface area contributed by atoms with Gasteiger partial charge in [0.05, 0.1) is 5.88 Å². The summed E-state index contributed by atoms with van der Waals surface area (Å²) < 4.78 is 5.10. The van der Waals surface area contributed by atoms with Gasteiger partial charge >= 0.3 is 5.97 Å². The number of Topliss-reactive ketones (excluding diaryl/α,β-unsaturated/α-hetero) is 1. The number of rotatable bonds is 5. The molecule has 5 heteroatoms. The van der Waals surface area contributed by atoms with Gasteiger partial charge in [-0.25, -0.2) is 4.79 Å². The van der Waals surface area contributed by atoms with Crippen LogP contribution in [0.5, 0.6) is 5.75 Å². The monoisotopic (exact) mass is 242 g/mol. The van der Waals surface area contributed by atoms with E-state index in [4.69, 9.17) is 21.4 Å². The Morgan fingerprint density at radius 2 is 1.94 bits per heavy atom. The summed E-state index contributed by atoms with van der Waals surface area (Å²) in [5.74, 6) is -0.896. The molecule has 0 aromatic heterocycles. The van der Waals surface area contributed by atoms with E-state index in [1.165, 1.54) is 6.92 Å². The van der Waals surface area contributed by atoms with Gasteiger partial charge in [0.25, 0.3) is 0 Å². The number of aliphatic carboxylic acids is 1. The number of carbonyl (C=O) groups is 2. The number of benzene rings is 1. The maximum atomic E-state index is 11.2. The van der Waals surface area contributed by atoms with Crippen LogP contribution in [0.3, 0.4) is 0 Å². The van der Waals surface area contributed by atoms with Gasteiger partial charge in [0.2, 0.25) is 0 Å². The molecule has 16 heavy (non-hydrogen) atoms. The van der Waals surface area contributed by atoms with Crippen molar-refractivity contribution >= 4 is 23.4 Å². The second-order valence-electron chi connectivity index (χ2n) is 3.18. The minimum absolute atomic E-state index is 0.0776. The molecule has 0 saturated heterocycles. The quantitative estimate of drug-likeness (QED) is 0.633. The number of hydrogen-bond acceptors (Lipinski definition) is 3. The number of carbonyl (C=O) groups excluding carboxylic acids is 1. The van der Waals surface area contributed by atoms with E-state index in [9.17, 15) is 9.59 Å². The first kappa shape index (κ1) is 12.5. The molecule has 1 unspecified atom stereocenters. The summed E-state index contributed by atoms with van der Waals surface area (Å²) in [5, 5.41) is 8.63. The van der Waals surface area contributed by atoms with Crippen LogP contribution < -0.4 is 4.74 Å². The van der Waals surface area contributed by atoms with Crippen LogP contribution in [0.4, 0.5) is 0 Å². The average Bonchev–Trinajstić information content (AvgIpc) is 2.28. The van der Waals surface area contributed by atoms with E-state index in [0.717, 1.165) is 0 Å². The third kappa shape index (κ3) is 3.24. The molecule has 86 valence electrons. The lowest BCUT2D eigenvalue weighted by molar-refractivity contribution is -0.144. The molecule has 0 aliphatic rings. The summed E-state index contributed by atoms with van der Waals surface area (Å²) in [6.07, 6.45) is -0.922. The Balaban J connectivity index is 2.72. The van der Waals surface area contributed by atoms with Crippen LogP contribution >= 0.6 is 11.6 Å². The number of ether oxygens (including phenoxy) is 1. The van der Waals surface area contributed by atoms with E-state index in [-0.39, 0.29) is 11.7 Å². The van der Waals surface area contributed by atoms with Gasteiger partial charge in [-0.3, -0.25) is 4.79 Å². The molecule has 1 aromatic carbocycles. The normalized spacial score (nSPS) is 11.9. The first-order valence-corrected chi connectivity index (χ1v) is 5.16. The molecule has 0 aliphatic heterocycles. The Kier molecular flexibility index (Phi) is 4.31. The zero-order chi connectivity index (χ0) is 12.1. The second-order valence-corrected chi connectivity index (χ2v) is 3.45. The van der Waals surface area contributed by atoms with Crippen molar-refractivity contribution in [2.45, 2.75) is 13.0 Å². The largest absolute Gasteiger partial charge is 0.479 e. The van der Waals surface area contributed by atoms with Crippen LogP contribution in [0.25, 0.3) is 0 Å². The van der Waals surface area contributed by atoms with Crippen molar-refractivity contribution < 1.29 is 19.4 Å². The van der Waals surface area contributed by atoms with E-state index in [2.05, 4.69) is 0 Å². The van der Waals surface area contributed by atoms with Crippen molar-refractivity contribution in [2.75, 3.05) is 5.88 Å². The van der Waals surface area contributed by atoms with Gasteiger partial charge in [-0.2, -0.15) is 0 Å². The van der Waals surface area contributed by atoms with Crippen LogP contribution in [-0.4, -0.2) is 28.8 Å². The molecule has 0 fully saturated rings. The highest BCUT2D eigenvalue weighted by Gasteiger charge is 2.12. The van der Waals surface area contributed by atoms with Gasteiger partial charge in [0.15, 0.2) is 11.9 Å². The first-order valence-electron chi connectivity index (χ1n) is 4.63. The Labute approximate surface area is 97.8 Å². The molecule has 0 bridgehead atoms. The molecule has 0 aliphatic carbocycles. The van der Waals surface area contributed by atoms with Crippen molar-refractivity contribution in [3.05, 3.63) is 29.8 Å². The smallest absolute Gasteiger partial charge is 0.344 e. The predicted octanol–water partition coefficient (Wildman–Crippen LogP) is 1.96. The summed E-state index contributed by atoms with van der Waals surface area (Å²) in [4.78, 5) is 21.7. The van der Waals surface area contributed by atoms with Gasteiger partial charge in [-0.1, -0.05) is 0 Å². The zero-order valence-corrected chi connectivity index (χ0v) is 9.40. The predicted molar refractivity (Wildman–Crippen MR) is 59.2 cm³/mol. The van der Waals surface area contributed by atoms with Crippen molar-refractivity contribution in [1.82, 2.24) is 0 Å². The minimum Gasteiger partial charge on any atom is -0.479 e. The molecule has 0 amide bonds. The van der Waals surface area contributed by atoms with E-state index in [0.29, 0.717) is 11.3 Å². The molecular formula is C11H11ClO4. The molecule has 1 rings (SSSR count). The topological polar surface area (TPSA) is 63.6 Å². The third-order valence-corrected chi connectivity index (χ3v) is 2.20. The molecular weight excluding hydrogens is 232 g/mol. The fourth-order valence-electron chi connectivity index (χ4n) is 1.05. The van der Waals surface area contributed by atoms with E-state index in [1.54, 1.807) is 24.3 Å². The Bertz CT molecular complexity index is 385. The fraction of sp³-hybridized carbons (Fsp3) is 0.273. The summed E-state index contributed by atoms with van der Waals surface area (Å²) in [5.41, 5.74) is 0.477. The first-order chi connectivity index (χ1) is 7.54. The lowest BCUT2D eigenvalue weighted by Crippen LogP contribution is -2.22. The second kappa shape index (κ2) is 5.51. The summed E-state index contributed by atoms with van der Waals surface area (Å²) in [6, 6.07) is 6.18. The molecule has 1 atom stereocenters. The van der Waals surface area contributed by atoms with Crippen LogP contribution in [-0.2, 0) is 4.79 Å². The number of carboxylic acids is 1. The van der Waals surface area contributed by atoms with Gasteiger partial charge in [0, 0.05) is 5.56 Å². The Hall–Kier alpha value is -1.55. The van der Waals surface area contributed by atoms with E-state index in [1.807, 2.05) is 0 Å². The maximum Gasteiger partial charge on any atom is 0.344 e. The van der Waals surface area contributed by atoms with Crippen molar-refractivity contribution in [3.63, 3.8) is 0 Å². The summed E-state index contributed by atoms with van der Waals surface area (Å²) in [7, 11) is 0. The van der Waals surface area contributed by atoms with Crippen LogP contribution in [0, 0.1) is 0 Å². The number of alkyl halides is 1. The van der Waals surface area contributed by atoms with Crippen molar-refractivity contribution in [3.8, 4) is 5.75 Å². The van der Waals surface area contributed by atoms with Crippen LogP contribution in [0.15, 0.2) is 24.3 Å². The SMILES string of the molecule is CC(Oc1ccc(C(=O)CCl)cc1)C(=O)O. The fourth-order valence-corrected chi connectivity index (χ4v) is 1.21. The van der Waals surface area contributed by atoms with Gasteiger partial charge < -0.3 is 9.84 Å². The zero-order valence-electron chi connectivity index (χ0n) is 8.64. The number of ketones is 1. The van der Waals surface area contributed by atoms with Gasteiger partial charge in [0.1, 0.15) is 5.75 Å². The van der Waals surface area contributed by atoms with Gasteiger partial charge in [-0.15, -0.1) is 11.6 Å². The molecule has 1 N–H and O–H groups in total. The molecule has 4 nitrogen and oxygen atoms in total. The molecule has 0 saturated carbocycles. The highest BCUT2D eigenvalue weighted by atomic mass is 35.5. The summed E-state index contributed by atoms with van der Waals surface area (Å²) >= 11 is 5.39. The average molecular weight is 243 g/mol. The van der Waals surface area contributed by atoms with E-state index >= 15 is 0 Å². The van der Waals surface area contributed by atoms with Crippen LogP contribution in [0.2, 0.25) is 0 Å². The lowest BCUT2D eigenvalue weighted by atomic mass is 10.1. The maximum absolute atomic E-state index is 11.2. The number of hydrogen-bond donors (Lipinski definition) is 1. The molecule has 1 aromatic rings. The van der Waals surface area contributed by atoms with Crippen molar-refractivity contribution in [2.24, 2.45) is 0 Å².